The Kier molecular flexibility index (Phi) is 9.03. The second-order valence-electron chi connectivity index (χ2n) is 11.4. The topological polar surface area (TPSA) is 85.4 Å². The van der Waals surface area contributed by atoms with E-state index in [1.165, 1.54) is 0 Å². The van der Waals surface area contributed by atoms with Crippen molar-refractivity contribution >= 4 is 24.0 Å². The van der Waals surface area contributed by atoms with Gasteiger partial charge in [-0.3, -0.25) is 14.5 Å². The summed E-state index contributed by atoms with van der Waals surface area (Å²) in [4.78, 5) is 42.6. The van der Waals surface area contributed by atoms with Gasteiger partial charge in [0.1, 0.15) is 12.6 Å². The maximum atomic E-state index is 13.7. The Hall–Kier alpha value is -4.43. The molecule has 0 saturated carbocycles. The van der Waals surface area contributed by atoms with E-state index in [-0.39, 0.29) is 37.8 Å². The normalized spacial score (nSPS) is 20.5. The fraction of sp³-hybridized carbons (Fsp3) is 0.324. The summed E-state index contributed by atoms with van der Waals surface area (Å²) in [5.41, 5.74) is 2.31. The fourth-order valence-electron chi connectivity index (χ4n) is 5.47. The number of carbonyl (C=O) groups excluding carboxylic acids is 3. The minimum atomic E-state index is -0.709. The number of esters is 1. The molecule has 2 aliphatic heterocycles. The molecule has 8 nitrogen and oxygen atoms in total. The lowest BCUT2D eigenvalue weighted by Crippen LogP contribution is -2.71. The van der Waals surface area contributed by atoms with Crippen LogP contribution in [0.2, 0.25) is 0 Å². The number of β-lactam (4-membered cyclic amide) rings is 1. The number of likely N-dealkylation sites (tertiary alicyclic amines) is 1. The molecule has 0 unspecified atom stereocenters. The Morgan fingerprint density at radius 1 is 0.952 bits per heavy atom. The number of hydrogen-bond acceptors (Lipinski definition) is 6. The zero-order chi connectivity index (χ0) is 29.5. The Balaban J connectivity index is 1.26. The fourth-order valence-corrected chi connectivity index (χ4v) is 5.47. The van der Waals surface area contributed by atoms with Crippen LogP contribution >= 0.6 is 0 Å². The van der Waals surface area contributed by atoms with Crippen LogP contribution in [-0.4, -0.2) is 59.8 Å². The molecule has 3 aromatic rings. The van der Waals surface area contributed by atoms with Crippen LogP contribution in [0.5, 0.6) is 0 Å². The van der Waals surface area contributed by atoms with Gasteiger partial charge < -0.3 is 19.1 Å². The van der Waals surface area contributed by atoms with Crippen molar-refractivity contribution < 1.29 is 28.6 Å². The van der Waals surface area contributed by atoms with Crippen LogP contribution < -0.4 is 0 Å². The van der Waals surface area contributed by atoms with Gasteiger partial charge >= 0.3 is 12.1 Å². The lowest BCUT2D eigenvalue weighted by molar-refractivity contribution is -0.164. The molecule has 2 heterocycles. The molecule has 0 radical (unpaired) electrons. The summed E-state index contributed by atoms with van der Waals surface area (Å²) in [5, 5.41) is 0. The standard InChI is InChI=1S/C34H36N2O6/c1-34(2,20-30(37)42-24-40-21-26-14-8-4-9-15-26)23-35-28(19-18-25-12-6-3-7-13-25)31(32(35)38)36-29(22-41-33(36)39)27-16-10-5-11-17-27/h3-19,28-29,31H,20-24H2,1-2H3/t28-,29-,31-/m1/s1. The van der Waals surface area contributed by atoms with Gasteiger partial charge in [0.25, 0.3) is 0 Å². The molecule has 2 fully saturated rings. The van der Waals surface area contributed by atoms with Crippen molar-refractivity contribution in [3.8, 4) is 0 Å². The molecule has 5 rings (SSSR count). The number of hydrogen-bond donors (Lipinski definition) is 0. The van der Waals surface area contributed by atoms with E-state index in [2.05, 4.69) is 0 Å². The number of ether oxygens (including phenoxy) is 3. The molecule has 2 aliphatic rings. The van der Waals surface area contributed by atoms with Gasteiger partial charge in [-0.1, -0.05) is 117 Å². The Bertz CT molecular complexity index is 1390. The van der Waals surface area contributed by atoms with E-state index in [4.69, 9.17) is 14.2 Å². The molecular formula is C34H36N2O6. The minimum Gasteiger partial charge on any atom is -0.447 e. The molecule has 0 spiro atoms. The van der Waals surface area contributed by atoms with Crippen molar-refractivity contribution in [2.45, 2.75) is 45.0 Å². The maximum Gasteiger partial charge on any atom is 0.411 e. The van der Waals surface area contributed by atoms with Crippen LogP contribution in [0.1, 0.15) is 43.0 Å². The summed E-state index contributed by atoms with van der Waals surface area (Å²) in [7, 11) is 0. The monoisotopic (exact) mass is 568 g/mol. The molecule has 3 atom stereocenters. The molecule has 8 heteroatoms. The summed E-state index contributed by atoms with van der Waals surface area (Å²) in [5.74, 6) is -0.577. The molecule has 0 aliphatic carbocycles. The minimum absolute atomic E-state index is 0.101. The average molecular weight is 569 g/mol. The van der Waals surface area contributed by atoms with Crippen molar-refractivity contribution in [2.24, 2.45) is 5.41 Å². The third-order valence-electron chi connectivity index (χ3n) is 7.54. The number of benzene rings is 3. The van der Waals surface area contributed by atoms with Gasteiger partial charge in [0.15, 0.2) is 6.79 Å². The Labute approximate surface area is 246 Å². The molecule has 0 N–H and O–H groups in total. The number of amides is 2. The van der Waals surface area contributed by atoms with Gasteiger partial charge in [-0.05, 0) is 22.1 Å². The highest BCUT2D eigenvalue weighted by molar-refractivity contribution is 5.94. The van der Waals surface area contributed by atoms with Crippen LogP contribution in [0.25, 0.3) is 6.08 Å². The van der Waals surface area contributed by atoms with Gasteiger partial charge in [-0.15, -0.1) is 0 Å². The average Bonchev–Trinajstić information content (AvgIpc) is 3.37. The number of nitrogens with zero attached hydrogens (tertiary/aromatic N) is 2. The van der Waals surface area contributed by atoms with Crippen LogP contribution in [0.3, 0.4) is 0 Å². The van der Waals surface area contributed by atoms with Crippen molar-refractivity contribution in [1.82, 2.24) is 9.80 Å². The van der Waals surface area contributed by atoms with E-state index in [9.17, 15) is 14.4 Å². The zero-order valence-corrected chi connectivity index (χ0v) is 23.9. The van der Waals surface area contributed by atoms with E-state index in [0.717, 1.165) is 16.7 Å². The summed E-state index contributed by atoms with van der Waals surface area (Å²) in [6.45, 7) is 4.55. The third-order valence-corrected chi connectivity index (χ3v) is 7.54. The molecule has 0 bridgehead atoms. The Morgan fingerprint density at radius 2 is 1.60 bits per heavy atom. The highest BCUT2D eigenvalue weighted by Crippen LogP contribution is 2.39. The first-order valence-electron chi connectivity index (χ1n) is 14.1. The van der Waals surface area contributed by atoms with E-state index < -0.39 is 23.5 Å². The Morgan fingerprint density at radius 3 is 2.29 bits per heavy atom. The quantitative estimate of drug-likeness (QED) is 0.122. The van der Waals surface area contributed by atoms with E-state index in [0.29, 0.717) is 13.2 Å². The van der Waals surface area contributed by atoms with E-state index >= 15 is 0 Å². The zero-order valence-electron chi connectivity index (χ0n) is 23.9. The largest absolute Gasteiger partial charge is 0.447 e. The molecular weight excluding hydrogens is 532 g/mol. The van der Waals surface area contributed by atoms with Gasteiger partial charge in [-0.2, -0.15) is 0 Å². The second-order valence-corrected chi connectivity index (χ2v) is 11.4. The van der Waals surface area contributed by atoms with Crippen molar-refractivity contribution in [1.29, 1.82) is 0 Å². The first-order valence-corrected chi connectivity index (χ1v) is 14.1. The molecule has 0 aromatic heterocycles. The van der Waals surface area contributed by atoms with Gasteiger partial charge in [0, 0.05) is 6.54 Å². The molecule has 42 heavy (non-hydrogen) atoms. The van der Waals surface area contributed by atoms with Crippen molar-refractivity contribution in [3.63, 3.8) is 0 Å². The molecule has 3 aromatic carbocycles. The summed E-state index contributed by atoms with van der Waals surface area (Å²) >= 11 is 0. The number of cyclic esters (lactones) is 1. The molecule has 2 amide bonds. The summed E-state index contributed by atoms with van der Waals surface area (Å²) < 4.78 is 16.2. The second kappa shape index (κ2) is 13.0. The highest BCUT2D eigenvalue weighted by atomic mass is 16.7. The molecule has 218 valence electrons. The van der Waals surface area contributed by atoms with Crippen LogP contribution in [0.4, 0.5) is 4.79 Å². The van der Waals surface area contributed by atoms with Gasteiger partial charge in [0.05, 0.1) is 25.1 Å². The summed E-state index contributed by atoms with van der Waals surface area (Å²) in [6.07, 6.45) is 3.52. The van der Waals surface area contributed by atoms with Crippen LogP contribution in [0, 0.1) is 5.41 Å². The molecule has 2 saturated heterocycles. The van der Waals surface area contributed by atoms with E-state index in [1.807, 2.05) is 117 Å². The number of carbonyl (C=O) groups is 3. The lowest BCUT2D eigenvalue weighted by atomic mass is 9.83. The first kappa shape index (κ1) is 29.1. The predicted molar refractivity (Wildman–Crippen MR) is 158 cm³/mol. The van der Waals surface area contributed by atoms with E-state index in [1.54, 1.807) is 9.80 Å². The SMILES string of the molecule is CC(C)(CC(=O)OCOCc1ccccc1)CN1C(=O)[C@H](N2C(=O)OC[C@@H]2c2ccccc2)[C@H]1C=Cc1ccccc1. The predicted octanol–water partition coefficient (Wildman–Crippen LogP) is 5.61. The van der Waals surface area contributed by atoms with Crippen molar-refractivity contribution in [3.05, 3.63) is 114 Å². The van der Waals surface area contributed by atoms with Crippen molar-refractivity contribution in [2.75, 3.05) is 19.9 Å². The van der Waals surface area contributed by atoms with Gasteiger partial charge in [-0.25, -0.2) is 4.79 Å². The van der Waals surface area contributed by atoms with Gasteiger partial charge in [0.2, 0.25) is 5.91 Å². The summed E-state index contributed by atoms with van der Waals surface area (Å²) in [6, 6.07) is 27.6. The third kappa shape index (κ3) is 6.89. The van der Waals surface area contributed by atoms with Crippen LogP contribution in [-0.2, 0) is 30.4 Å². The van der Waals surface area contributed by atoms with Crippen LogP contribution in [0.15, 0.2) is 97.1 Å². The smallest absolute Gasteiger partial charge is 0.411 e. The first-order chi connectivity index (χ1) is 20.3. The maximum absolute atomic E-state index is 13.7. The number of rotatable bonds is 12. The lowest BCUT2D eigenvalue weighted by Gasteiger charge is -2.51. The highest BCUT2D eigenvalue weighted by Gasteiger charge is 2.56.